The third-order valence-electron chi connectivity index (χ3n) is 2.25. The second-order valence-corrected chi connectivity index (χ2v) is 4.11. The Bertz CT molecular complexity index is 303. The van der Waals surface area contributed by atoms with E-state index in [2.05, 4.69) is 5.32 Å². The van der Waals surface area contributed by atoms with Crippen molar-refractivity contribution in [2.75, 3.05) is 0 Å². The maximum absolute atomic E-state index is 11.4. The van der Waals surface area contributed by atoms with E-state index in [0.717, 1.165) is 0 Å². The molecule has 17 heavy (non-hydrogen) atoms. The van der Waals surface area contributed by atoms with Crippen LogP contribution in [0.1, 0.15) is 26.7 Å². The van der Waals surface area contributed by atoms with Crippen LogP contribution in [0.25, 0.3) is 0 Å². The Balaban J connectivity index is 4.16. The van der Waals surface area contributed by atoms with Gasteiger partial charge in [-0.1, -0.05) is 13.8 Å². The molecule has 7 nitrogen and oxygen atoms in total. The number of hydrogen-bond donors (Lipinski definition) is 4. The van der Waals surface area contributed by atoms with Gasteiger partial charge >= 0.3 is 11.9 Å². The fourth-order valence-corrected chi connectivity index (χ4v) is 1.17. The smallest absolute Gasteiger partial charge is 0.326 e. The SMILES string of the molecule is CC(C)[C@H](NC(=O)CC[C@H](N)C(=O)O)C(=O)O. The summed E-state index contributed by atoms with van der Waals surface area (Å²) >= 11 is 0. The molecule has 0 heterocycles. The van der Waals surface area contributed by atoms with Crippen molar-refractivity contribution in [3.05, 3.63) is 0 Å². The van der Waals surface area contributed by atoms with Crippen LogP contribution in [0.15, 0.2) is 0 Å². The van der Waals surface area contributed by atoms with E-state index in [-0.39, 0.29) is 18.8 Å². The lowest BCUT2D eigenvalue weighted by atomic mass is 10.0. The molecule has 0 rings (SSSR count). The van der Waals surface area contributed by atoms with Crippen LogP contribution in [0.2, 0.25) is 0 Å². The molecule has 0 aliphatic heterocycles. The highest BCUT2D eigenvalue weighted by molar-refractivity contribution is 5.84. The zero-order chi connectivity index (χ0) is 13.6. The number of nitrogens with one attached hydrogen (secondary N) is 1. The van der Waals surface area contributed by atoms with E-state index < -0.39 is 29.9 Å². The number of hydrogen-bond acceptors (Lipinski definition) is 4. The average molecular weight is 246 g/mol. The van der Waals surface area contributed by atoms with E-state index in [1.807, 2.05) is 0 Å². The lowest BCUT2D eigenvalue weighted by molar-refractivity contribution is -0.143. The quantitative estimate of drug-likeness (QED) is 0.474. The van der Waals surface area contributed by atoms with Gasteiger partial charge in [-0.25, -0.2) is 4.79 Å². The van der Waals surface area contributed by atoms with Crippen LogP contribution < -0.4 is 11.1 Å². The van der Waals surface area contributed by atoms with E-state index >= 15 is 0 Å². The van der Waals surface area contributed by atoms with Gasteiger partial charge in [0, 0.05) is 6.42 Å². The normalized spacial score (nSPS) is 14.1. The summed E-state index contributed by atoms with van der Waals surface area (Å²) in [5.41, 5.74) is 5.22. The molecule has 1 amide bonds. The zero-order valence-corrected chi connectivity index (χ0v) is 9.84. The predicted molar refractivity (Wildman–Crippen MR) is 59.2 cm³/mol. The molecule has 0 aliphatic rings. The summed E-state index contributed by atoms with van der Waals surface area (Å²) in [5, 5.41) is 19.7. The zero-order valence-electron chi connectivity index (χ0n) is 9.84. The van der Waals surface area contributed by atoms with Crippen LogP contribution in [-0.2, 0) is 14.4 Å². The minimum Gasteiger partial charge on any atom is -0.480 e. The molecule has 0 saturated carbocycles. The van der Waals surface area contributed by atoms with Gasteiger partial charge in [0.15, 0.2) is 0 Å². The van der Waals surface area contributed by atoms with Gasteiger partial charge in [-0.05, 0) is 12.3 Å². The van der Waals surface area contributed by atoms with Crippen molar-refractivity contribution in [1.82, 2.24) is 5.32 Å². The second-order valence-electron chi connectivity index (χ2n) is 4.11. The summed E-state index contributed by atoms with van der Waals surface area (Å²) in [5.74, 6) is -3.06. The fraction of sp³-hybridized carbons (Fsp3) is 0.700. The van der Waals surface area contributed by atoms with Crippen molar-refractivity contribution >= 4 is 17.8 Å². The Morgan fingerprint density at radius 3 is 2.06 bits per heavy atom. The molecule has 0 aliphatic carbocycles. The first-order valence-corrected chi connectivity index (χ1v) is 5.26. The molecular formula is C10H18N2O5. The van der Waals surface area contributed by atoms with Gasteiger partial charge in [-0.3, -0.25) is 9.59 Å². The molecule has 0 radical (unpaired) electrons. The molecule has 7 heteroatoms. The maximum atomic E-state index is 11.4. The van der Waals surface area contributed by atoms with E-state index in [1.54, 1.807) is 13.8 Å². The average Bonchev–Trinajstić information content (AvgIpc) is 2.21. The van der Waals surface area contributed by atoms with Gasteiger partial charge in [-0.2, -0.15) is 0 Å². The number of carboxylic acids is 2. The number of amides is 1. The fourth-order valence-electron chi connectivity index (χ4n) is 1.17. The molecule has 0 bridgehead atoms. The van der Waals surface area contributed by atoms with Crippen molar-refractivity contribution < 1.29 is 24.6 Å². The summed E-state index contributed by atoms with van der Waals surface area (Å²) in [6.45, 7) is 3.34. The predicted octanol–water partition coefficient (Wildman–Crippen LogP) is -0.596. The van der Waals surface area contributed by atoms with Crippen molar-refractivity contribution in [2.45, 2.75) is 38.8 Å². The summed E-state index contributed by atoms with van der Waals surface area (Å²) < 4.78 is 0. The highest BCUT2D eigenvalue weighted by Crippen LogP contribution is 2.03. The van der Waals surface area contributed by atoms with Gasteiger partial charge in [-0.15, -0.1) is 0 Å². The Morgan fingerprint density at radius 2 is 1.71 bits per heavy atom. The Labute approximate surface area is 99.0 Å². The Morgan fingerprint density at radius 1 is 1.18 bits per heavy atom. The monoisotopic (exact) mass is 246 g/mol. The van der Waals surface area contributed by atoms with Crippen molar-refractivity contribution in [3.8, 4) is 0 Å². The molecule has 2 atom stereocenters. The molecule has 0 fully saturated rings. The van der Waals surface area contributed by atoms with Crippen LogP contribution in [0.3, 0.4) is 0 Å². The summed E-state index contributed by atoms with van der Waals surface area (Å²) in [6, 6.07) is -2.08. The molecule has 0 aromatic heterocycles. The van der Waals surface area contributed by atoms with Crippen LogP contribution in [-0.4, -0.2) is 40.1 Å². The third kappa shape index (κ3) is 5.86. The van der Waals surface area contributed by atoms with E-state index in [0.29, 0.717) is 0 Å². The molecule has 0 aromatic carbocycles. The minimum atomic E-state index is -1.18. The first kappa shape index (κ1) is 15.4. The highest BCUT2D eigenvalue weighted by atomic mass is 16.4. The van der Waals surface area contributed by atoms with Crippen LogP contribution >= 0.6 is 0 Å². The Kier molecular flexibility index (Phi) is 6.19. The molecular weight excluding hydrogens is 228 g/mol. The number of aliphatic carboxylic acids is 2. The Hall–Kier alpha value is -1.63. The maximum Gasteiger partial charge on any atom is 0.326 e. The van der Waals surface area contributed by atoms with Crippen molar-refractivity contribution in [3.63, 3.8) is 0 Å². The van der Waals surface area contributed by atoms with Crippen LogP contribution in [0.5, 0.6) is 0 Å². The van der Waals surface area contributed by atoms with Crippen molar-refractivity contribution in [1.29, 1.82) is 0 Å². The molecule has 5 N–H and O–H groups in total. The first-order valence-electron chi connectivity index (χ1n) is 5.26. The van der Waals surface area contributed by atoms with Crippen LogP contribution in [0, 0.1) is 5.92 Å². The van der Waals surface area contributed by atoms with Gasteiger partial charge < -0.3 is 21.3 Å². The summed E-state index contributed by atoms with van der Waals surface area (Å²) in [6.07, 6.45) is -0.129. The number of rotatable bonds is 7. The largest absolute Gasteiger partial charge is 0.480 e. The molecule has 0 unspecified atom stereocenters. The van der Waals surface area contributed by atoms with Crippen LogP contribution in [0.4, 0.5) is 0 Å². The van der Waals surface area contributed by atoms with Crippen molar-refractivity contribution in [2.24, 2.45) is 11.7 Å². The van der Waals surface area contributed by atoms with Gasteiger partial charge in [0.2, 0.25) is 5.91 Å². The van der Waals surface area contributed by atoms with Gasteiger partial charge in [0.05, 0.1) is 0 Å². The lowest BCUT2D eigenvalue weighted by Crippen LogP contribution is -2.44. The molecule has 0 spiro atoms. The van der Waals surface area contributed by atoms with Gasteiger partial charge in [0.1, 0.15) is 12.1 Å². The second kappa shape index (κ2) is 6.85. The number of carboxylic acid groups (broad SMARTS) is 2. The third-order valence-corrected chi connectivity index (χ3v) is 2.25. The first-order chi connectivity index (χ1) is 7.75. The molecule has 98 valence electrons. The number of carbonyl (C=O) groups excluding carboxylic acids is 1. The molecule has 0 saturated heterocycles. The number of nitrogens with two attached hydrogens (primary N) is 1. The lowest BCUT2D eigenvalue weighted by Gasteiger charge is -2.18. The van der Waals surface area contributed by atoms with E-state index in [1.165, 1.54) is 0 Å². The summed E-state index contributed by atoms with van der Waals surface area (Å²) in [7, 11) is 0. The van der Waals surface area contributed by atoms with E-state index in [9.17, 15) is 14.4 Å². The topological polar surface area (TPSA) is 130 Å². The number of carbonyl (C=O) groups is 3. The highest BCUT2D eigenvalue weighted by Gasteiger charge is 2.23. The molecule has 0 aromatic rings. The van der Waals surface area contributed by atoms with E-state index in [4.69, 9.17) is 15.9 Å². The van der Waals surface area contributed by atoms with Gasteiger partial charge in [0.25, 0.3) is 0 Å². The minimum absolute atomic E-state index is 0.0222. The summed E-state index contributed by atoms with van der Waals surface area (Å²) in [4.78, 5) is 32.6. The standard InChI is InChI=1S/C10H18N2O5/c1-5(2)8(10(16)17)12-7(13)4-3-6(11)9(14)15/h5-6,8H,3-4,11H2,1-2H3,(H,12,13)(H,14,15)(H,16,17)/t6-,8-/m0/s1.